The van der Waals surface area contributed by atoms with Gasteiger partial charge in [-0.25, -0.2) is 0 Å². The molecule has 0 bridgehead atoms. The Hall–Kier alpha value is -1.52. The number of halogens is 3. The predicted molar refractivity (Wildman–Crippen MR) is 81.9 cm³/mol. The zero-order chi connectivity index (χ0) is 16.6. The van der Waals surface area contributed by atoms with Crippen LogP contribution in [0.5, 0.6) is 0 Å². The molecule has 126 valence electrons. The number of alkyl halides is 3. The first-order valence-electron chi connectivity index (χ1n) is 8.40. The second-order valence-electron chi connectivity index (χ2n) is 6.60. The number of benzene rings is 1. The van der Waals surface area contributed by atoms with Crippen molar-refractivity contribution in [2.45, 2.75) is 57.2 Å². The van der Waals surface area contributed by atoms with E-state index in [2.05, 4.69) is 0 Å². The maximum atomic E-state index is 13.1. The van der Waals surface area contributed by atoms with Crippen LogP contribution in [0.15, 0.2) is 24.3 Å². The minimum Gasteiger partial charge on any atom is -0.340 e. The first kappa shape index (κ1) is 16.3. The standard InChI is InChI=1S/C18H22F3NO/c1-2-22(12-7-3-4-8-12)17(23)15-11-14(15)13-9-5-6-10-16(13)18(19,20)21/h5-6,9-10,12,14-15H,2-4,7-8,11H2,1H3/t14-,15-/m0/s1. The van der Waals surface area contributed by atoms with E-state index in [0.717, 1.165) is 31.7 Å². The summed E-state index contributed by atoms with van der Waals surface area (Å²) in [6.45, 7) is 2.60. The summed E-state index contributed by atoms with van der Waals surface area (Å²) in [5.74, 6) is -0.517. The molecule has 2 aliphatic carbocycles. The summed E-state index contributed by atoms with van der Waals surface area (Å²) in [5, 5.41) is 0. The number of carbonyl (C=O) groups excluding carboxylic acids is 1. The van der Waals surface area contributed by atoms with E-state index < -0.39 is 11.7 Å². The quantitative estimate of drug-likeness (QED) is 0.792. The van der Waals surface area contributed by atoms with E-state index in [0.29, 0.717) is 13.0 Å². The average molecular weight is 325 g/mol. The van der Waals surface area contributed by atoms with Crippen LogP contribution >= 0.6 is 0 Å². The van der Waals surface area contributed by atoms with Crippen LogP contribution in [0, 0.1) is 5.92 Å². The molecule has 0 N–H and O–H groups in total. The molecular formula is C18H22F3NO. The first-order valence-corrected chi connectivity index (χ1v) is 8.40. The second-order valence-corrected chi connectivity index (χ2v) is 6.60. The van der Waals surface area contributed by atoms with Crippen LogP contribution in [-0.2, 0) is 11.0 Å². The third-order valence-electron chi connectivity index (χ3n) is 5.16. The minimum atomic E-state index is -4.36. The topological polar surface area (TPSA) is 20.3 Å². The highest BCUT2D eigenvalue weighted by Crippen LogP contribution is 2.52. The van der Waals surface area contributed by atoms with E-state index in [1.807, 2.05) is 11.8 Å². The van der Waals surface area contributed by atoms with Gasteiger partial charge in [0.2, 0.25) is 5.91 Å². The molecule has 2 aliphatic rings. The van der Waals surface area contributed by atoms with Crippen molar-refractivity contribution in [2.75, 3.05) is 6.54 Å². The van der Waals surface area contributed by atoms with E-state index in [1.165, 1.54) is 12.1 Å². The summed E-state index contributed by atoms with van der Waals surface area (Å²) in [6.07, 6.45) is 0.503. The number of rotatable bonds is 4. The molecule has 0 aliphatic heterocycles. The van der Waals surface area contributed by atoms with Crippen molar-refractivity contribution in [1.29, 1.82) is 0 Å². The van der Waals surface area contributed by atoms with Crippen molar-refractivity contribution < 1.29 is 18.0 Å². The Morgan fingerprint density at radius 2 is 1.87 bits per heavy atom. The Labute approximate surface area is 134 Å². The number of nitrogens with zero attached hydrogens (tertiary/aromatic N) is 1. The van der Waals surface area contributed by atoms with Crippen molar-refractivity contribution in [1.82, 2.24) is 4.90 Å². The highest BCUT2D eigenvalue weighted by atomic mass is 19.4. The SMILES string of the molecule is CCN(C(=O)[C@H]1C[C@H]1c1ccccc1C(F)(F)F)C1CCCC1. The van der Waals surface area contributed by atoms with E-state index in [1.54, 1.807) is 6.07 Å². The van der Waals surface area contributed by atoms with Gasteiger partial charge in [-0.05, 0) is 43.7 Å². The maximum Gasteiger partial charge on any atom is 0.416 e. The molecule has 2 fully saturated rings. The van der Waals surface area contributed by atoms with Crippen LogP contribution in [0.3, 0.4) is 0 Å². The molecule has 2 nitrogen and oxygen atoms in total. The van der Waals surface area contributed by atoms with Gasteiger partial charge < -0.3 is 4.90 Å². The maximum absolute atomic E-state index is 13.1. The molecule has 23 heavy (non-hydrogen) atoms. The minimum absolute atomic E-state index is 0.0429. The molecule has 2 atom stereocenters. The Bertz CT molecular complexity index is 578. The van der Waals surface area contributed by atoms with Crippen LogP contribution < -0.4 is 0 Å². The number of hydrogen-bond acceptors (Lipinski definition) is 1. The van der Waals surface area contributed by atoms with Gasteiger partial charge in [-0.15, -0.1) is 0 Å². The molecule has 0 heterocycles. The summed E-state index contributed by atoms with van der Waals surface area (Å²) in [4.78, 5) is 14.6. The van der Waals surface area contributed by atoms with Crippen LogP contribution in [0.2, 0.25) is 0 Å². The Balaban J connectivity index is 1.75. The lowest BCUT2D eigenvalue weighted by atomic mass is 10.0. The van der Waals surface area contributed by atoms with Gasteiger partial charge in [-0.2, -0.15) is 13.2 Å². The molecule has 0 radical (unpaired) electrons. The van der Waals surface area contributed by atoms with E-state index in [9.17, 15) is 18.0 Å². The molecule has 0 unspecified atom stereocenters. The highest BCUT2D eigenvalue weighted by molar-refractivity contribution is 5.83. The van der Waals surface area contributed by atoms with Crippen LogP contribution in [0.4, 0.5) is 13.2 Å². The molecule has 1 amide bonds. The third kappa shape index (κ3) is 3.24. The van der Waals surface area contributed by atoms with Crippen LogP contribution in [-0.4, -0.2) is 23.4 Å². The van der Waals surface area contributed by atoms with Gasteiger partial charge in [0.25, 0.3) is 0 Å². The summed E-state index contributed by atoms with van der Waals surface area (Å²) in [6, 6.07) is 5.95. The van der Waals surface area contributed by atoms with Crippen LogP contribution in [0.25, 0.3) is 0 Å². The summed E-state index contributed by atoms with van der Waals surface area (Å²) in [5.41, 5.74) is -0.315. The highest BCUT2D eigenvalue weighted by Gasteiger charge is 2.49. The molecule has 5 heteroatoms. The van der Waals surface area contributed by atoms with E-state index in [4.69, 9.17) is 0 Å². The largest absolute Gasteiger partial charge is 0.416 e. The van der Waals surface area contributed by atoms with Crippen LogP contribution in [0.1, 0.15) is 56.1 Å². The fourth-order valence-corrected chi connectivity index (χ4v) is 3.91. The third-order valence-corrected chi connectivity index (χ3v) is 5.16. The Morgan fingerprint density at radius 1 is 1.22 bits per heavy atom. The molecule has 2 saturated carbocycles. The lowest BCUT2D eigenvalue weighted by molar-refractivity contribution is -0.139. The van der Waals surface area contributed by atoms with Crippen molar-refractivity contribution in [3.05, 3.63) is 35.4 Å². The summed E-state index contributed by atoms with van der Waals surface area (Å²) < 4.78 is 39.4. The summed E-state index contributed by atoms with van der Waals surface area (Å²) in [7, 11) is 0. The zero-order valence-corrected chi connectivity index (χ0v) is 13.3. The fourth-order valence-electron chi connectivity index (χ4n) is 3.91. The van der Waals surface area contributed by atoms with Gasteiger partial charge in [0.1, 0.15) is 0 Å². The van der Waals surface area contributed by atoms with Crippen molar-refractivity contribution in [3.63, 3.8) is 0 Å². The molecular weight excluding hydrogens is 303 g/mol. The molecule has 0 saturated heterocycles. The molecule has 1 aromatic carbocycles. The lowest BCUT2D eigenvalue weighted by Crippen LogP contribution is -2.39. The zero-order valence-electron chi connectivity index (χ0n) is 13.3. The van der Waals surface area contributed by atoms with Gasteiger partial charge in [-0.1, -0.05) is 31.0 Å². The van der Waals surface area contributed by atoms with Gasteiger partial charge in [0, 0.05) is 18.5 Å². The van der Waals surface area contributed by atoms with Crippen molar-refractivity contribution >= 4 is 5.91 Å². The molecule has 0 aromatic heterocycles. The molecule has 0 spiro atoms. The van der Waals surface area contributed by atoms with Crippen molar-refractivity contribution in [3.8, 4) is 0 Å². The van der Waals surface area contributed by atoms with Gasteiger partial charge in [-0.3, -0.25) is 4.79 Å². The van der Waals surface area contributed by atoms with Crippen molar-refractivity contribution in [2.24, 2.45) is 5.92 Å². The normalized spacial score (nSPS) is 24.7. The van der Waals surface area contributed by atoms with E-state index in [-0.39, 0.29) is 29.3 Å². The number of carbonyl (C=O) groups is 1. The van der Waals surface area contributed by atoms with Gasteiger partial charge >= 0.3 is 6.18 Å². The summed E-state index contributed by atoms with van der Waals surface area (Å²) >= 11 is 0. The van der Waals surface area contributed by atoms with Gasteiger partial charge in [0.05, 0.1) is 5.56 Å². The predicted octanol–water partition coefficient (Wildman–Crippen LogP) is 4.60. The molecule has 1 aromatic rings. The second kappa shape index (κ2) is 6.17. The Morgan fingerprint density at radius 3 is 2.48 bits per heavy atom. The van der Waals surface area contributed by atoms with E-state index >= 15 is 0 Å². The smallest absolute Gasteiger partial charge is 0.340 e. The fraction of sp³-hybridized carbons (Fsp3) is 0.611. The number of amides is 1. The molecule has 3 rings (SSSR count). The first-order chi connectivity index (χ1) is 10.9. The lowest BCUT2D eigenvalue weighted by Gasteiger charge is -2.28. The van der Waals surface area contributed by atoms with Gasteiger partial charge in [0.15, 0.2) is 0 Å². The monoisotopic (exact) mass is 325 g/mol. The number of hydrogen-bond donors (Lipinski definition) is 0. The Kier molecular flexibility index (Phi) is 4.39. The average Bonchev–Trinajstić information content (AvgIpc) is 3.14.